The lowest BCUT2D eigenvalue weighted by Gasteiger charge is -2.15. The molecule has 2 amide bonds. The third kappa shape index (κ3) is 6.18. The molecule has 0 fully saturated rings. The van der Waals surface area contributed by atoms with E-state index in [0.717, 1.165) is 22.2 Å². The van der Waals surface area contributed by atoms with Crippen LogP contribution >= 0.6 is 11.8 Å². The highest BCUT2D eigenvalue weighted by Crippen LogP contribution is 2.39. The number of carbonyl (C=O) groups is 2. The lowest BCUT2D eigenvalue weighted by atomic mass is 10.0. The van der Waals surface area contributed by atoms with Crippen molar-refractivity contribution in [3.8, 4) is 0 Å². The topological polar surface area (TPSA) is 95.6 Å². The van der Waals surface area contributed by atoms with Gasteiger partial charge in [0.2, 0.25) is 0 Å². The Morgan fingerprint density at radius 3 is 2.12 bits per heavy atom. The molecule has 1 aliphatic heterocycles. The van der Waals surface area contributed by atoms with Crippen LogP contribution in [0.1, 0.15) is 25.3 Å². The van der Waals surface area contributed by atoms with E-state index in [0.29, 0.717) is 22.2 Å². The Hall–Kier alpha value is -4.41. The van der Waals surface area contributed by atoms with Crippen LogP contribution in [0.3, 0.4) is 0 Å². The van der Waals surface area contributed by atoms with Crippen LogP contribution in [0.2, 0.25) is 0 Å². The maximum atomic E-state index is 13.6. The van der Waals surface area contributed by atoms with Crippen molar-refractivity contribution in [1.82, 2.24) is 0 Å². The minimum Gasteiger partial charge on any atom is -0.350 e. The van der Waals surface area contributed by atoms with Crippen LogP contribution in [-0.4, -0.2) is 20.2 Å². The Balaban J connectivity index is 1.48. The van der Waals surface area contributed by atoms with E-state index in [4.69, 9.17) is 0 Å². The molecule has 4 aromatic rings. The standard InChI is InChI=1S/C31H26FN3O4S2/c1-20(2)21-11-15-23(16-12-21)33-28-29(31(37)35(30(28)36)25-17-13-22(32)14-18-25)40-26-8-6-7-24(19-26)34-41(38,39)27-9-4-3-5-10-27/h3-20,33-34H,1-2H3. The van der Waals surface area contributed by atoms with Crippen molar-refractivity contribution in [2.75, 3.05) is 14.9 Å². The summed E-state index contributed by atoms with van der Waals surface area (Å²) in [5.74, 6) is -1.33. The average molecular weight is 588 g/mol. The van der Waals surface area contributed by atoms with Gasteiger partial charge >= 0.3 is 0 Å². The van der Waals surface area contributed by atoms with E-state index >= 15 is 0 Å². The van der Waals surface area contributed by atoms with E-state index in [-0.39, 0.29) is 21.2 Å². The van der Waals surface area contributed by atoms with E-state index < -0.39 is 27.7 Å². The maximum absolute atomic E-state index is 13.6. The molecule has 0 spiro atoms. The summed E-state index contributed by atoms with van der Waals surface area (Å²) in [5, 5.41) is 3.10. The van der Waals surface area contributed by atoms with Gasteiger partial charge in [0.25, 0.3) is 21.8 Å². The van der Waals surface area contributed by atoms with Crippen LogP contribution in [0.25, 0.3) is 0 Å². The van der Waals surface area contributed by atoms with E-state index in [1.54, 1.807) is 42.5 Å². The molecule has 7 nitrogen and oxygen atoms in total. The van der Waals surface area contributed by atoms with Crippen molar-refractivity contribution in [1.29, 1.82) is 0 Å². The Bertz CT molecular complexity index is 1740. The van der Waals surface area contributed by atoms with Crippen molar-refractivity contribution in [3.63, 3.8) is 0 Å². The minimum atomic E-state index is -3.83. The third-order valence-electron chi connectivity index (χ3n) is 6.33. The summed E-state index contributed by atoms with van der Waals surface area (Å²) in [5.41, 5.74) is 2.34. The first-order valence-corrected chi connectivity index (χ1v) is 15.0. The Morgan fingerprint density at radius 2 is 1.46 bits per heavy atom. The van der Waals surface area contributed by atoms with Crippen LogP contribution in [0, 0.1) is 5.82 Å². The summed E-state index contributed by atoms with van der Waals surface area (Å²) in [6.07, 6.45) is 0. The first kappa shape index (κ1) is 28.1. The number of amides is 2. The highest BCUT2D eigenvalue weighted by Gasteiger charge is 2.40. The summed E-state index contributed by atoms with van der Waals surface area (Å²) in [6, 6.07) is 27.2. The van der Waals surface area contributed by atoms with Gasteiger partial charge in [-0.3, -0.25) is 14.3 Å². The second kappa shape index (κ2) is 11.6. The SMILES string of the molecule is CC(C)c1ccc(NC2=C(Sc3cccc(NS(=O)(=O)c4ccccc4)c3)C(=O)N(c3ccc(F)cc3)C2=O)cc1. The number of halogens is 1. The van der Waals surface area contributed by atoms with Crippen LogP contribution in [0.5, 0.6) is 0 Å². The van der Waals surface area contributed by atoms with Crippen LogP contribution in [-0.2, 0) is 19.6 Å². The lowest BCUT2D eigenvalue weighted by molar-refractivity contribution is -0.120. The average Bonchev–Trinajstić information content (AvgIpc) is 3.18. The second-order valence-electron chi connectivity index (χ2n) is 9.58. The smallest absolute Gasteiger partial charge is 0.283 e. The van der Waals surface area contributed by atoms with E-state index in [9.17, 15) is 22.4 Å². The molecule has 0 radical (unpaired) electrons. The number of sulfonamides is 1. The van der Waals surface area contributed by atoms with Crippen molar-refractivity contribution in [2.24, 2.45) is 0 Å². The zero-order chi connectivity index (χ0) is 29.1. The summed E-state index contributed by atoms with van der Waals surface area (Å²) < 4.78 is 41.8. The van der Waals surface area contributed by atoms with Crippen molar-refractivity contribution in [3.05, 3.63) is 125 Å². The number of hydrogen-bond acceptors (Lipinski definition) is 6. The normalized spacial score (nSPS) is 13.7. The predicted molar refractivity (Wildman–Crippen MR) is 160 cm³/mol. The van der Waals surface area contributed by atoms with Gasteiger partial charge in [-0.1, -0.05) is 62.0 Å². The molecule has 0 bridgehead atoms. The maximum Gasteiger partial charge on any atom is 0.283 e. The zero-order valence-corrected chi connectivity index (χ0v) is 23.8. The molecule has 41 heavy (non-hydrogen) atoms. The number of nitrogens with one attached hydrogen (secondary N) is 2. The third-order valence-corrected chi connectivity index (χ3v) is 8.80. The Morgan fingerprint density at radius 1 is 0.780 bits per heavy atom. The first-order chi connectivity index (χ1) is 19.6. The molecule has 0 aliphatic carbocycles. The van der Waals surface area contributed by atoms with Crippen LogP contribution in [0.15, 0.2) is 124 Å². The molecule has 0 saturated heterocycles. The molecule has 1 aliphatic rings. The Kier molecular flexibility index (Phi) is 7.96. The highest BCUT2D eigenvalue weighted by atomic mass is 32.2. The number of rotatable bonds is 9. The molecule has 1 heterocycles. The van der Waals surface area contributed by atoms with Gasteiger partial charge in [-0.15, -0.1) is 0 Å². The molecule has 0 unspecified atom stereocenters. The first-order valence-electron chi connectivity index (χ1n) is 12.7. The molecule has 2 N–H and O–H groups in total. The number of carbonyl (C=O) groups excluding carboxylic acids is 2. The number of imide groups is 1. The van der Waals surface area contributed by atoms with E-state index in [1.165, 1.54) is 36.4 Å². The number of thioether (sulfide) groups is 1. The summed E-state index contributed by atoms with van der Waals surface area (Å²) in [4.78, 5) is 29.0. The van der Waals surface area contributed by atoms with Gasteiger partial charge in [0.1, 0.15) is 16.4 Å². The largest absolute Gasteiger partial charge is 0.350 e. The molecule has 0 saturated carbocycles. The van der Waals surface area contributed by atoms with Crippen molar-refractivity contribution < 1.29 is 22.4 Å². The summed E-state index contributed by atoms with van der Waals surface area (Å²) >= 11 is 1.03. The number of nitrogens with zero attached hydrogens (tertiary/aromatic N) is 1. The van der Waals surface area contributed by atoms with Gasteiger partial charge in [-0.25, -0.2) is 17.7 Å². The minimum absolute atomic E-state index is 0.0666. The van der Waals surface area contributed by atoms with Gasteiger partial charge < -0.3 is 5.32 Å². The second-order valence-corrected chi connectivity index (χ2v) is 12.3. The molecule has 0 atom stereocenters. The van der Waals surface area contributed by atoms with Gasteiger partial charge in [0, 0.05) is 16.3 Å². The highest BCUT2D eigenvalue weighted by molar-refractivity contribution is 8.04. The molecule has 5 rings (SSSR count). The van der Waals surface area contributed by atoms with Gasteiger partial charge in [-0.05, 0) is 78.2 Å². The fourth-order valence-corrected chi connectivity index (χ4v) is 6.25. The van der Waals surface area contributed by atoms with Crippen LogP contribution in [0.4, 0.5) is 21.5 Å². The molecule has 10 heteroatoms. The quantitative estimate of drug-likeness (QED) is 0.211. The fourth-order valence-electron chi connectivity index (χ4n) is 4.19. The van der Waals surface area contributed by atoms with E-state index in [1.807, 2.05) is 24.3 Å². The van der Waals surface area contributed by atoms with Crippen molar-refractivity contribution in [2.45, 2.75) is 29.6 Å². The molecule has 0 aromatic heterocycles. The molecular weight excluding hydrogens is 561 g/mol. The fraction of sp³-hybridized carbons (Fsp3) is 0.0968. The molecule has 208 valence electrons. The van der Waals surface area contributed by atoms with Crippen LogP contribution < -0.4 is 14.9 Å². The number of hydrogen-bond donors (Lipinski definition) is 2. The van der Waals surface area contributed by atoms with Gasteiger partial charge in [0.15, 0.2) is 0 Å². The van der Waals surface area contributed by atoms with Gasteiger partial charge in [0.05, 0.1) is 10.6 Å². The predicted octanol–water partition coefficient (Wildman–Crippen LogP) is 6.74. The Labute approximate surface area is 242 Å². The zero-order valence-electron chi connectivity index (χ0n) is 22.2. The summed E-state index contributed by atoms with van der Waals surface area (Å²) in [7, 11) is -3.83. The van der Waals surface area contributed by atoms with Crippen molar-refractivity contribution >= 4 is 50.7 Å². The number of anilines is 3. The molecular formula is C31H26FN3O4S2. The van der Waals surface area contributed by atoms with E-state index in [2.05, 4.69) is 23.9 Å². The molecule has 4 aromatic carbocycles. The summed E-state index contributed by atoms with van der Waals surface area (Å²) in [6.45, 7) is 4.15. The van der Waals surface area contributed by atoms with Gasteiger partial charge in [-0.2, -0.15) is 0 Å². The lowest BCUT2D eigenvalue weighted by Crippen LogP contribution is -2.32. The number of benzene rings is 4. The monoisotopic (exact) mass is 587 g/mol.